The highest BCUT2D eigenvalue weighted by molar-refractivity contribution is 5.71. The van der Waals surface area contributed by atoms with Gasteiger partial charge in [0.15, 0.2) is 0 Å². The number of halogens is 2. The maximum Gasteiger partial charge on any atom is 0.308 e. The molecule has 88 valence electrons. The second kappa shape index (κ2) is 5.03. The first-order chi connectivity index (χ1) is 7.47. The van der Waals surface area contributed by atoms with Crippen LogP contribution >= 0.6 is 0 Å². The molecule has 0 spiro atoms. The Bertz CT molecular complexity index is 396. The van der Waals surface area contributed by atoms with Crippen molar-refractivity contribution in [1.82, 2.24) is 0 Å². The molecule has 0 bridgehead atoms. The fourth-order valence-corrected chi connectivity index (χ4v) is 1.57. The Hall–Kier alpha value is -1.49. The highest BCUT2D eigenvalue weighted by Gasteiger charge is 2.26. The summed E-state index contributed by atoms with van der Waals surface area (Å²) >= 11 is 0. The zero-order valence-electron chi connectivity index (χ0n) is 8.78. The van der Waals surface area contributed by atoms with Crippen molar-refractivity contribution in [3.8, 4) is 0 Å². The van der Waals surface area contributed by atoms with E-state index in [1.54, 1.807) is 6.92 Å². The van der Waals surface area contributed by atoms with Crippen LogP contribution in [0.5, 0.6) is 0 Å². The molecule has 0 radical (unpaired) electrons. The number of rotatable bonds is 4. The third kappa shape index (κ3) is 2.55. The standard InChI is InChI=1S/C11H13F2NO2/c1-2-7(11(15)16)10(14)8-5-6(12)3-4-9(8)13/h3-5,7,10H,2,14H2,1H3,(H,15,16). The maximum absolute atomic E-state index is 13.3. The molecule has 5 heteroatoms. The molecule has 2 unspecified atom stereocenters. The first-order valence-electron chi connectivity index (χ1n) is 4.90. The van der Waals surface area contributed by atoms with Gasteiger partial charge in [-0.2, -0.15) is 0 Å². The van der Waals surface area contributed by atoms with E-state index in [4.69, 9.17) is 10.8 Å². The molecule has 0 fully saturated rings. The number of carboxylic acids is 1. The second-order valence-electron chi connectivity index (χ2n) is 3.54. The quantitative estimate of drug-likeness (QED) is 0.830. The molecular weight excluding hydrogens is 216 g/mol. The predicted molar refractivity (Wildman–Crippen MR) is 54.7 cm³/mol. The lowest BCUT2D eigenvalue weighted by Crippen LogP contribution is -2.28. The van der Waals surface area contributed by atoms with Crippen LogP contribution in [0.15, 0.2) is 18.2 Å². The van der Waals surface area contributed by atoms with Crippen LogP contribution in [-0.2, 0) is 4.79 Å². The minimum atomic E-state index is -1.11. The normalized spacial score (nSPS) is 14.5. The van der Waals surface area contributed by atoms with Gasteiger partial charge in [-0.1, -0.05) is 6.92 Å². The number of carbonyl (C=O) groups is 1. The summed E-state index contributed by atoms with van der Waals surface area (Å²) < 4.78 is 26.2. The molecule has 0 aliphatic rings. The Balaban J connectivity index is 3.07. The minimum absolute atomic E-state index is 0.103. The van der Waals surface area contributed by atoms with Crippen LogP contribution in [0.1, 0.15) is 24.9 Å². The highest BCUT2D eigenvalue weighted by Crippen LogP contribution is 2.25. The molecule has 2 atom stereocenters. The second-order valence-corrected chi connectivity index (χ2v) is 3.54. The van der Waals surface area contributed by atoms with E-state index in [0.717, 1.165) is 18.2 Å². The van der Waals surface area contributed by atoms with E-state index in [1.165, 1.54) is 0 Å². The average molecular weight is 229 g/mol. The van der Waals surface area contributed by atoms with Crippen molar-refractivity contribution < 1.29 is 18.7 Å². The predicted octanol–water partition coefficient (Wildman–Crippen LogP) is 2.08. The number of carboxylic acid groups (broad SMARTS) is 1. The largest absolute Gasteiger partial charge is 0.481 e. The molecule has 16 heavy (non-hydrogen) atoms. The monoisotopic (exact) mass is 229 g/mol. The topological polar surface area (TPSA) is 63.3 Å². The SMILES string of the molecule is CCC(C(=O)O)C(N)c1cc(F)ccc1F. The summed E-state index contributed by atoms with van der Waals surface area (Å²) in [6, 6.07) is 1.80. The molecule has 0 aromatic heterocycles. The molecule has 1 aromatic carbocycles. The molecule has 0 saturated heterocycles. The van der Waals surface area contributed by atoms with Crippen LogP contribution in [0.3, 0.4) is 0 Å². The lowest BCUT2D eigenvalue weighted by atomic mass is 9.91. The van der Waals surface area contributed by atoms with Crippen molar-refractivity contribution in [2.75, 3.05) is 0 Å². The smallest absolute Gasteiger partial charge is 0.308 e. The van der Waals surface area contributed by atoms with E-state index in [0.29, 0.717) is 0 Å². The summed E-state index contributed by atoms with van der Waals surface area (Å²) in [4.78, 5) is 10.8. The van der Waals surface area contributed by atoms with Gasteiger partial charge in [0.25, 0.3) is 0 Å². The van der Waals surface area contributed by atoms with Gasteiger partial charge < -0.3 is 10.8 Å². The summed E-state index contributed by atoms with van der Waals surface area (Å²) in [5.74, 6) is -3.35. The Labute approximate surface area is 91.9 Å². The fourth-order valence-electron chi connectivity index (χ4n) is 1.57. The molecule has 0 aliphatic carbocycles. The maximum atomic E-state index is 13.3. The molecule has 0 aliphatic heterocycles. The lowest BCUT2D eigenvalue weighted by molar-refractivity contribution is -0.142. The van der Waals surface area contributed by atoms with Crippen LogP contribution in [0.4, 0.5) is 8.78 Å². The van der Waals surface area contributed by atoms with Gasteiger partial charge in [0.2, 0.25) is 0 Å². The zero-order chi connectivity index (χ0) is 12.3. The van der Waals surface area contributed by atoms with Crippen molar-refractivity contribution in [2.45, 2.75) is 19.4 Å². The summed E-state index contributed by atoms with van der Waals surface area (Å²) in [6.07, 6.45) is 0.256. The van der Waals surface area contributed by atoms with Gasteiger partial charge in [0.05, 0.1) is 5.92 Å². The third-order valence-electron chi connectivity index (χ3n) is 2.51. The summed E-state index contributed by atoms with van der Waals surface area (Å²) in [5.41, 5.74) is 5.53. The van der Waals surface area contributed by atoms with Crippen molar-refractivity contribution in [1.29, 1.82) is 0 Å². The van der Waals surface area contributed by atoms with Gasteiger partial charge in [-0.3, -0.25) is 4.79 Å². The molecule has 1 rings (SSSR count). The van der Waals surface area contributed by atoms with Gasteiger partial charge in [0.1, 0.15) is 11.6 Å². The fraction of sp³-hybridized carbons (Fsp3) is 0.364. The minimum Gasteiger partial charge on any atom is -0.481 e. The van der Waals surface area contributed by atoms with Crippen molar-refractivity contribution in [3.63, 3.8) is 0 Å². The summed E-state index contributed by atoms with van der Waals surface area (Å²) in [5, 5.41) is 8.87. The number of hydrogen-bond donors (Lipinski definition) is 2. The van der Waals surface area contributed by atoms with Crippen LogP contribution in [0.2, 0.25) is 0 Å². The number of aliphatic carboxylic acids is 1. The summed E-state index contributed by atoms with van der Waals surface area (Å²) in [7, 11) is 0. The van der Waals surface area contributed by atoms with Crippen LogP contribution in [0, 0.1) is 17.6 Å². The molecule has 0 amide bonds. The van der Waals surface area contributed by atoms with Crippen molar-refractivity contribution in [2.24, 2.45) is 11.7 Å². The molecule has 3 N–H and O–H groups in total. The Morgan fingerprint density at radius 2 is 2.12 bits per heavy atom. The number of benzene rings is 1. The Morgan fingerprint density at radius 1 is 1.50 bits per heavy atom. The van der Waals surface area contributed by atoms with Gasteiger partial charge in [-0.05, 0) is 24.6 Å². The van der Waals surface area contributed by atoms with Crippen molar-refractivity contribution >= 4 is 5.97 Å². The molecular formula is C11H13F2NO2. The van der Waals surface area contributed by atoms with E-state index in [-0.39, 0.29) is 12.0 Å². The average Bonchev–Trinajstić information content (AvgIpc) is 2.22. The zero-order valence-corrected chi connectivity index (χ0v) is 8.78. The van der Waals surface area contributed by atoms with E-state index < -0.39 is 29.6 Å². The molecule has 1 aromatic rings. The van der Waals surface area contributed by atoms with Gasteiger partial charge >= 0.3 is 5.97 Å². The summed E-state index contributed by atoms with van der Waals surface area (Å²) in [6.45, 7) is 1.63. The molecule has 3 nitrogen and oxygen atoms in total. The Morgan fingerprint density at radius 3 is 2.62 bits per heavy atom. The first-order valence-corrected chi connectivity index (χ1v) is 4.90. The lowest BCUT2D eigenvalue weighted by Gasteiger charge is -2.19. The van der Waals surface area contributed by atoms with E-state index in [9.17, 15) is 13.6 Å². The number of nitrogens with two attached hydrogens (primary N) is 1. The van der Waals surface area contributed by atoms with Crippen LogP contribution in [0.25, 0.3) is 0 Å². The van der Waals surface area contributed by atoms with Crippen LogP contribution in [-0.4, -0.2) is 11.1 Å². The van der Waals surface area contributed by atoms with E-state index >= 15 is 0 Å². The van der Waals surface area contributed by atoms with Gasteiger partial charge in [-0.15, -0.1) is 0 Å². The highest BCUT2D eigenvalue weighted by atomic mass is 19.1. The third-order valence-corrected chi connectivity index (χ3v) is 2.51. The Kier molecular flexibility index (Phi) is 3.95. The van der Waals surface area contributed by atoms with Gasteiger partial charge in [-0.25, -0.2) is 8.78 Å². The molecule has 0 saturated carbocycles. The van der Waals surface area contributed by atoms with E-state index in [2.05, 4.69) is 0 Å². The van der Waals surface area contributed by atoms with Gasteiger partial charge in [0, 0.05) is 11.6 Å². The number of hydrogen-bond acceptors (Lipinski definition) is 2. The molecule has 0 heterocycles. The van der Waals surface area contributed by atoms with Crippen molar-refractivity contribution in [3.05, 3.63) is 35.4 Å². The van der Waals surface area contributed by atoms with E-state index in [1.807, 2.05) is 0 Å². The first kappa shape index (κ1) is 12.6. The van der Waals surface area contributed by atoms with Crippen LogP contribution < -0.4 is 5.73 Å².